The third kappa shape index (κ3) is 4.58. The quantitative estimate of drug-likeness (QED) is 0.788. The summed E-state index contributed by atoms with van der Waals surface area (Å²) < 4.78 is 10.6. The molecular weight excluding hydrogens is 364 g/mol. The molecule has 1 aliphatic heterocycles. The Hall–Kier alpha value is -3.13. The number of furan rings is 1. The highest BCUT2D eigenvalue weighted by molar-refractivity contribution is 6.04. The van der Waals surface area contributed by atoms with Crippen LogP contribution in [0.2, 0.25) is 0 Å². The van der Waals surface area contributed by atoms with Gasteiger partial charge in [-0.25, -0.2) is 4.79 Å². The number of rotatable bonds is 6. The van der Waals surface area contributed by atoms with Crippen molar-refractivity contribution in [3.63, 3.8) is 0 Å². The summed E-state index contributed by atoms with van der Waals surface area (Å²) in [5.74, 6) is -1.41. The smallest absolute Gasteiger partial charge is 0.339 e. The molecule has 1 aromatic heterocycles. The van der Waals surface area contributed by atoms with Gasteiger partial charge in [0.05, 0.1) is 19.6 Å². The Morgan fingerprint density at radius 1 is 1.14 bits per heavy atom. The lowest BCUT2D eigenvalue weighted by atomic mass is 10.1. The maximum atomic E-state index is 12.3. The van der Waals surface area contributed by atoms with E-state index in [-0.39, 0.29) is 29.4 Å². The van der Waals surface area contributed by atoms with Crippen LogP contribution in [0.15, 0.2) is 34.7 Å². The molecule has 0 saturated carbocycles. The third-order valence-electron chi connectivity index (χ3n) is 4.52. The van der Waals surface area contributed by atoms with E-state index in [0.29, 0.717) is 38.4 Å². The van der Waals surface area contributed by atoms with Crippen LogP contribution in [0.5, 0.6) is 0 Å². The number of carbonyl (C=O) groups is 3. The van der Waals surface area contributed by atoms with Gasteiger partial charge < -0.3 is 24.5 Å². The average Bonchev–Trinajstić information content (AvgIpc) is 3.15. The van der Waals surface area contributed by atoms with Crippen molar-refractivity contribution >= 4 is 23.5 Å². The fourth-order valence-electron chi connectivity index (χ4n) is 2.98. The molecular formula is C20H22N2O6. The second-order valence-corrected chi connectivity index (χ2v) is 6.43. The molecule has 8 nitrogen and oxygen atoms in total. The predicted molar refractivity (Wildman–Crippen MR) is 101 cm³/mol. The van der Waals surface area contributed by atoms with Crippen LogP contribution >= 0.6 is 0 Å². The molecule has 0 bridgehead atoms. The highest BCUT2D eigenvalue weighted by Gasteiger charge is 2.20. The van der Waals surface area contributed by atoms with E-state index in [1.54, 1.807) is 36.1 Å². The Balaban J connectivity index is 1.61. The first-order valence-corrected chi connectivity index (χ1v) is 9.09. The normalized spacial score (nSPS) is 14.0. The minimum Gasteiger partial charge on any atom is -0.478 e. The van der Waals surface area contributed by atoms with Gasteiger partial charge in [0.1, 0.15) is 11.3 Å². The lowest BCUT2D eigenvalue weighted by Crippen LogP contribution is -2.41. The third-order valence-corrected chi connectivity index (χ3v) is 4.52. The van der Waals surface area contributed by atoms with Crippen LogP contribution in [-0.4, -0.2) is 54.1 Å². The van der Waals surface area contributed by atoms with Crippen molar-refractivity contribution in [1.82, 2.24) is 4.90 Å². The number of aryl methyl sites for hydroxylation is 1. The summed E-state index contributed by atoms with van der Waals surface area (Å²) in [6.07, 6.45) is 0.662. The number of amides is 2. The zero-order chi connectivity index (χ0) is 20.1. The number of nitrogens with one attached hydrogen (secondary N) is 1. The number of morpholine rings is 1. The van der Waals surface area contributed by atoms with E-state index in [4.69, 9.17) is 14.3 Å². The topological polar surface area (TPSA) is 109 Å². The zero-order valence-corrected chi connectivity index (χ0v) is 15.6. The number of carboxylic acids is 1. The first kappa shape index (κ1) is 19.6. The maximum Gasteiger partial charge on any atom is 0.339 e. The maximum absolute atomic E-state index is 12.3. The lowest BCUT2D eigenvalue weighted by Gasteiger charge is -2.26. The van der Waals surface area contributed by atoms with E-state index in [1.807, 2.05) is 0 Å². The number of benzene rings is 1. The van der Waals surface area contributed by atoms with Gasteiger partial charge in [-0.05, 0) is 17.7 Å². The van der Waals surface area contributed by atoms with Gasteiger partial charge in [-0.1, -0.05) is 19.1 Å². The van der Waals surface area contributed by atoms with Gasteiger partial charge in [-0.2, -0.15) is 0 Å². The molecule has 148 valence electrons. The van der Waals surface area contributed by atoms with Gasteiger partial charge in [0.15, 0.2) is 5.76 Å². The molecule has 0 atom stereocenters. The molecule has 0 radical (unpaired) electrons. The highest BCUT2D eigenvalue weighted by atomic mass is 16.5. The van der Waals surface area contributed by atoms with Crippen LogP contribution < -0.4 is 5.32 Å². The molecule has 28 heavy (non-hydrogen) atoms. The molecule has 1 fully saturated rings. The van der Waals surface area contributed by atoms with Gasteiger partial charge in [-0.3, -0.25) is 9.59 Å². The van der Waals surface area contributed by atoms with Crippen molar-refractivity contribution in [2.75, 3.05) is 31.6 Å². The molecule has 3 rings (SSSR count). The van der Waals surface area contributed by atoms with Crippen LogP contribution in [0, 0.1) is 0 Å². The summed E-state index contributed by atoms with van der Waals surface area (Å²) in [5.41, 5.74) is 1.36. The van der Waals surface area contributed by atoms with E-state index < -0.39 is 11.9 Å². The van der Waals surface area contributed by atoms with Crippen LogP contribution in [0.4, 0.5) is 5.69 Å². The Morgan fingerprint density at radius 3 is 2.39 bits per heavy atom. The minimum absolute atomic E-state index is 0.00961. The van der Waals surface area contributed by atoms with E-state index in [0.717, 1.165) is 5.56 Å². The monoisotopic (exact) mass is 386 g/mol. The summed E-state index contributed by atoms with van der Waals surface area (Å²) in [4.78, 5) is 37.6. The van der Waals surface area contributed by atoms with Crippen LogP contribution in [0.25, 0.3) is 0 Å². The number of aromatic carboxylic acids is 1. The Bertz CT molecular complexity index is 865. The molecule has 2 heterocycles. The molecule has 2 N–H and O–H groups in total. The SMILES string of the molecule is CCc1oc(C(=O)Nc2ccc(CC(=O)N3CCOCC3)cc2)cc1C(=O)O. The van der Waals surface area contributed by atoms with Crippen LogP contribution in [0.1, 0.15) is 39.2 Å². The fraction of sp³-hybridized carbons (Fsp3) is 0.350. The predicted octanol–water partition coefficient (Wildman–Crippen LogP) is 2.19. The summed E-state index contributed by atoms with van der Waals surface area (Å²) >= 11 is 0. The zero-order valence-electron chi connectivity index (χ0n) is 15.6. The van der Waals surface area contributed by atoms with E-state index >= 15 is 0 Å². The number of carboxylic acid groups (broad SMARTS) is 1. The molecule has 1 saturated heterocycles. The van der Waals surface area contributed by atoms with Crippen molar-refractivity contribution in [2.45, 2.75) is 19.8 Å². The number of hydrogen-bond donors (Lipinski definition) is 2. The van der Waals surface area contributed by atoms with Crippen molar-refractivity contribution in [2.24, 2.45) is 0 Å². The van der Waals surface area contributed by atoms with E-state index in [2.05, 4.69) is 5.32 Å². The lowest BCUT2D eigenvalue weighted by molar-refractivity contribution is -0.134. The molecule has 0 aliphatic carbocycles. The molecule has 8 heteroatoms. The molecule has 0 unspecified atom stereocenters. The van der Waals surface area contributed by atoms with Gasteiger partial charge in [-0.15, -0.1) is 0 Å². The van der Waals surface area contributed by atoms with E-state index in [9.17, 15) is 14.4 Å². The summed E-state index contributed by atoms with van der Waals surface area (Å²) in [6, 6.07) is 8.17. The average molecular weight is 386 g/mol. The number of anilines is 1. The van der Waals surface area contributed by atoms with Gasteiger partial charge >= 0.3 is 5.97 Å². The van der Waals surface area contributed by atoms with Crippen LogP contribution in [0.3, 0.4) is 0 Å². The Labute approximate surface area is 162 Å². The standard InChI is InChI=1S/C20H22N2O6/c1-2-16-15(20(25)26)12-17(28-16)19(24)21-14-5-3-13(4-6-14)11-18(23)22-7-9-27-10-8-22/h3-6,12H,2,7-11H2,1H3,(H,21,24)(H,25,26). The summed E-state index contributed by atoms with van der Waals surface area (Å²) in [5, 5.41) is 11.8. The van der Waals surface area contributed by atoms with Crippen molar-refractivity contribution in [3.8, 4) is 0 Å². The highest BCUT2D eigenvalue weighted by Crippen LogP contribution is 2.19. The van der Waals surface area contributed by atoms with Crippen molar-refractivity contribution in [3.05, 3.63) is 53.0 Å². The number of carbonyl (C=O) groups excluding carboxylic acids is 2. The largest absolute Gasteiger partial charge is 0.478 e. The van der Waals surface area contributed by atoms with E-state index in [1.165, 1.54) is 6.07 Å². The molecule has 2 amide bonds. The van der Waals surface area contributed by atoms with Gasteiger partial charge in [0, 0.05) is 31.3 Å². The Kier molecular flexibility index (Phi) is 6.10. The minimum atomic E-state index is -1.13. The van der Waals surface area contributed by atoms with Crippen molar-refractivity contribution < 1.29 is 28.6 Å². The number of nitrogens with zero attached hydrogens (tertiary/aromatic N) is 1. The second-order valence-electron chi connectivity index (χ2n) is 6.43. The molecule has 1 aliphatic rings. The van der Waals surface area contributed by atoms with Gasteiger partial charge in [0.2, 0.25) is 5.91 Å². The number of ether oxygens (including phenoxy) is 1. The molecule has 2 aromatic rings. The second kappa shape index (κ2) is 8.71. The first-order chi connectivity index (χ1) is 13.5. The molecule has 1 aromatic carbocycles. The first-order valence-electron chi connectivity index (χ1n) is 9.09. The number of hydrogen-bond acceptors (Lipinski definition) is 5. The summed E-state index contributed by atoms with van der Waals surface area (Å²) in [6.45, 7) is 4.09. The van der Waals surface area contributed by atoms with Gasteiger partial charge in [0.25, 0.3) is 5.91 Å². The van der Waals surface area contributed by atoms with Crippen molar-refractivity contribution in [1.29, 1.82) is 0 Å². The fourth-order valence-corrected chi connectivity index (χ4v) is 2.98. The Morgan fingerprint density at radius 2 is 1.82 bits per heavy atom. The summed E-state index contributed by atoms with van der Waals surface area (Å²) in [7, 11) is 0. The molecule has 0 spiro atoms. The van der Waals surface area contributed by atoms with Crippen LogP contribution in [-0.2, 0) is 22.4 Å².